The lowest BCUT2D eigenvalue weighted by molar-refractivity contribution is -0.121. The van der Waals surface area contributed by atoms with Crippen LogP contribution in [0.4, 0.5) is 0 Å². The number of aryl methyl sites for hydroxylation is 1. The van der Waals surface area contributed by atoms with Gasteiger partial charge in [0.05, 0.1) is 6.10 Å². The van der Waals surface area contributed by atoms with Gasteiger partial charge in [0.2, 0.25) is 17.6 Å². The lowest BCUT2D eigenvalue weighted by atomic mass is 9.93. The summed E-state index contributed by atoms with van der Waals surface area (Å²) in [5, 5.41) is 16.4. The van der Waals surface area contributed by atoms with Crippen molar-refractivity contribution in [1.29, 1.82) is 0 Å². The average Bonchev–Trinajstić information content (AvgIpc) is 3.22. The molecule has 1 aromatic heterocycles. The minimum absolute atomic E-state index is 0.00514. The number of rotatable bonds is 6. The van der Waals surface area contributed by atoms with Crippen molar-refractivity contribution in [3.63, 3.8) is 0 Å². The Morgan fingerprint density at radius 3 is 3.00 bits per heavy atom. The number of β-amino-alcohol motifs (C(OH)–C–C–N with tert-alkyl or cyclic N) is 1. The van der Waals surface area contributed by atoms with Crippen LogP contribution in [0.3, 0.4) is 0 Å². The predicted octanol–water partition coefficient (Wildman–Crippen LogP) is 1.33. The molecular formula is C18H24N4O3. The zero-order valence-electron chi connectivity index (χ0n) is 14.6. The molecule has 0 aliphatic carbocycles. The van der Waals surface area contributed by atoms with Crippen molar-refractivity contribution in [2.75, 3.05) is 26.7 Å². The molecule has 1 amide bonds. The Morgan fingerprint density at radius 1 is 1.52 bits per heavy atom. The van der Waals surface area contributed by atoms with Gasteiger partial charge in [0.25, 0.3) is 0 Å². The van der Waals surface area contributed by atoms with Crippen LogP contribution < -0.4 is 5.32 Å². The van der Waals surface area contributed by atoms with Gasteiger partial charge in [-0.3, -0.25) is 4.79 Å². The van der Waals surface area contributed by atoms with E-state index in [9.17, 15) is 9.90 Å². The van der Waals surface area contributed by atoms with Crippen molar-refractivity contribution in [2.45, 2.75) is 31.8 Å². The van der Waals surface area contributed by atoms with Crippen molar-refractivity contribution in [1.82, 2.24) is 20.4 Å². The third kappa shape index (κ3) is 4.43. The zero-order chi connectivity index (χ0) is 17.8. The number of benzene rings is 1. The van der Waals surface area contributed by atoms with E-state index in [2.05, 4.69) is 20.4 Å². The largest absolute Gasteiger partial charge is 0.392 e. The standard InChI is InChI=1S/C18H24N4O3/c1-12-20-18(21-25-12)14-5-3-4-13(8-14)15(9-17(24)19-2)10-22-7-6-16(23)11-22/h3-5,8,15-16,23H,6-7,9-11H2,1-2H3,(H,19,24)/t15-,16+/m1/s1. The van der Waals surface area contributed by atoms with Gasteiger partial charge in [0.1, 0.15) is 0 Å². The summed E-state index contributed by atoms with van der Waals surface area (Å²) in [5.41, 5.74) is 1.93. The van der Waals surface area contributed by atoms with Crippen LogP contribution in [0.15, 0.2) is 28.8 Å². The van der Waals surface area contributed by atoms with Crippen molar-refractivity contribution in [3.8, 4) is 11.4 Å². The highest BCUT2D eigenvalue weighted by Crippen LogP contribution is 2.27. The van der Waals surface area contributed by atoms with E-state index in [4.69, 9.17) is 4.52 Å². The van der Waals surface area contributed by atoms with E-state index < -0.39 is 0 Å². The summed E-state index contributed by atoms with van der Waals surface area (Å²) in [6, 6.07) is 7.93. The van der Waals surface area contributed by atoms with Gasteiger partial charge in [-0.05, 0) is 18.1 Å². The van der Waals surface area contributed by atoms with E-state index in [-0.39, 0.29) is 17.9 Å². The number of aliphatic hydroxyl groups excluding tert-OH is 1. The fourth-order valence-electron chi connectivity index (χ4n) is 3.25. The Bertz CT molecular complexity index is 731. The number of carbonyl (C=O) groups excluding carboxylic acids is 1. The van der Waals surface area contributed by atoms with E-state index in [1.54, 1.807) is 14.0 Å². The molecule has 1 aliphatic rings. The SMILES string of the molecule is CNC(=O)C[C@H](CN1CC[C@H](O)C1)c1cccc(-c2noc(C)n2)c1. The molecule has 1 aliphatic heterocycles. The topological polar surface area (TPSA) is 91.5 Å². The summed E-state index contributed by atoms with van der Waals surface area (Å²) in [6.07, 6.45) is 0.918. The first kappa shape index (κ1) is 17.6. The summed E-state index contributed by atoms with van der Waals surface area (Å²) in [4.78, 5) is 18.5. The number of amides is 1. The van der Waals surface area contributed by atoms with Gasteiger partial charge in [0, 0.05) is 51.5 Å². The molecule has 0 bridgehead atoms. The molecule has 1 saturated heterocycles. The summed E-state index contributed by atoms with van der Waals surface area (Å²) >= 11 is 0. The molecule has 7 heteroatoms. The lowest BCUT2D eigenvalue weighted by Gasteiger charge is -2.23. The van der Waals surface area contributed by atoms with Gasteiger partial charge in [-0.15, -0.1) is 0 Å². The van der Waals surface area contributed by atoms with Crippen molar-refractivity contribution in [2.24, 2.45) is 0 Å². The fourth-order valence-corrected chi connectivity index (χ4v) is 3.25. The molecule has 2 atom stereocenters. The monoisotopic (exact) mass is 344 g/mol. The maximum absolute atomic E-state index is 12.0. The van der Waals surface area contributed by atoms with Crippen LogP contribution in [0.5, 0.6) is 0 Å². The van der Waals surface area contributed by atoms with Crippen molar-refractivity contribution in [3.05, 3.63) is 35.7 Å². The Kier molecular flexibility index (Phi) is 5.45. The Balaban J connectivity index is 1.83. The first-order valence-corrected chi connectivity index (χ1v) is 8.57. The van der Waals surface area contributed by atoms with Crippen LogP contribution >= 0.6 is 0 Å². The molecule has 2 N–H and O–H groups in total. The van der Waals surface area contributed by atoms with Crippen molar-refractivity contribution >= 4 is 5.91 Å². The summed E-state index contributed by atoms with van der Waals surface area (Å²) in [7, 11) is 1.65. The van der Waals surface area contributed by atoms with E-state index in [0.29, 0.717) is 24.7 Å². The Labute approximate surface area is 147 Å². The van der Waals surface area contributed by atoms with Gasteiger partial charge in [-0.1, -0.05) is 23.4 Å². The number of nitrogens with zero attached hydrogens (tertiary/aromatic N) is 3. The van der Waals surface area contributed by atoms with E-state index in [0.717, 1.165) is 30.6 Å². The van der Waals surface area contributed by atoms with E-state index in [1.807, 2.05) is 24.3 Å². The lowest BCUT2D eigenvalue weighted by Crippen LogP contribution is -2.30. The van der Waals surface area contributed by atoms with Gasteiger partial charge >= 0.3 is 0 Å². The number of hydrogen-bond acceptors (Lipinski definition) is 6. The molecule has 0 saturated carbocycles. The van der Waals surface area contributed by atoms with E-state index >= 15 is 0 Å². The average molecular weight is 344 g/mol. The summed E-state index contributed by atoms with van der Waals surface area (Å²) in [6.45, 7) is 4.01. The molecule has 1 aromatic carbocycles. The second kappa shape index (κ2) is 7.76. The molecule has 25 heavy (non-hydrogen) atoms. The van der Waals surface area contributed by atoms with Crippen LogP contribution in [0.2, 0.25) is 0 Å². The van der Waals surface area contributed by atoms with Crippen LogP contribution in [0.25, 0.3) is 11.4 Å². The molecule has 0 radical (unpaired) electrons. The smallest absolute Gasteiger partial charge is 0.223 e. The first-order valence-electron chi connectivity index (χ1n) is 8.57. The molecule has 2 aromatic rings. The molecule has 2 heterocycles. The molecule has 0 spiro atoms. The molecule has 0 unspecified atom stereocenters. The van der Waals surface area contributed by atoms with Crippen LogP contribution in [-0.4, -0.2) is 58.8 Å². The number of aromatic nitrogens is 2. The van der Waals surface area contributed by atoms with E-state index in [1.165, 1.54) is 0 Å². The number of carbonyl (C=O) groups is 1. The normalized spacial score (nSPS) is 19.1. The highest BCUT2D eigenvalue weighted by molar-refractivity contribution is 5.76. The minimum atomic E-state index is -0.269. The van der Waals surface area contributed by atoms with Crippen LogP contribution in [0.1, 0.15) is 30.2 Å². The third-order valence-electron chi connectivity index (χ3n) is 4.58. The number of likely N-dealkylation sites (tertiary alicyclic amines) is 1. The molecule has 3 rings (SSSR count). The van der Waals surface area contributed by atoms with Gasteiger partial charge < -0.3 is 19.8 Å². The zero-order valence-corrected chi connectivity index (χ0v) is 14.6. The van der Waals surface area contributed by atoms with Crippen LogP contribution in [0, 0.1) is 6.92 Å². The van der Waals surface area contributed by atoms with Gasteiger partial charge in [-0.25, -0.2) is 0 Å². The third-order valence-corrected chi connectivity index (χ3v) is 4.58. The quantitative estimate of drug-likeness (QED) is 0.821. The first-order chi connectivity index (χ1) is 12.0. The second-order valence-corrected chi connectivity index (χ2v) is 6.54. The highest BCUT2D eigenvalue weighted by Gasteiger charge is 2.25. The number of hydrogen-bond donors (Lipinski definition) is 2. The maximum Gasteiger partial charge on any atom is 0.223 e. The summed E-state index contributed by atoms with van der Waals surface area (Å²) in [5.74, 6) is 1.12. The van der Waals surface area contributed by atoms with Gasteiger partial charge in [-0.2, -0.15) is 4.98 Å². The Hall–Kier alpha value is -2.25. The highest BCUT2D eigenvalue weighted by atomic mass is 16.5. The number of aliphatic hydroxyl groups is 1. The summed E-state index contributed by atoms with van der Waals surface area (Å²) < 4.78 is 5.06. The second-order valence-electron chi connectivity index (χ2n) is 6.54. The molecular weight excluding hydrogens is 320 g/mol. The maximum atomic E-state index is 12.0. The van der Waals surface area contributed by atoms with Gasteiger partial charge in [0.15, 0.2) is 0 Å². The molecule has 1 fully saturated rings. The van der Waals surface area contributed by atoms with Crippen LogP contribution in [-0.2, 0) is 4.79 Å². The molecule has 134 valence electrons. The predicted molar refractivity (Wildman–Crippen MR) is 93.0 cm³/mol. The number of nitrogens with one attached hydrogen (secondary N) is 1. The van der Waals surface area contributed by atoms with Crippen molar-refractivity contribution < 1.29 is 14.4 Å². The fraction of sp³-hybridized carbons (Fsp3) is 0.500. The minimum Gasteiger partial charge on any atom is -0.392 e. The Morgan fingerprint density at radius 2 is 2.36 bits per heavy atom. The molecule has 7 nitrogen and oxygen atoms in total.